The van der Waals surface area contributed by atoms with Crippen molar-refractivity contribution in [3.63, 3.8) is 0 Å². The first-order valence-electron chi connectivity index (χ1n) is 9.59. The third-order valence-electron chi connectivity index (χ3n) is 4.93. The maximum absolute atomic E-state index is 13.0. The molecule has 1 N–H and O–H groups in total. The molecule has 1 saturated heterocycles. The number of carbonyl (C=O) groups excluding carboxylic acids is 1. The minimum absolute atomic E-state index is 0.223. The van der Waals surface area contributed by atoms with Gasteiger partial charge < -0.3 is 10.2 Å². The molecule has 1 fully saturated rings. The van der Waals surface area contributed by atoms with E-state index < -0.39 is 0 Å². The molecule has 0 aliphatic carbocycles. The number of aromatic nitrogens is 2. The highest BCUT2D eigenvalue weighted by Crippen LogP contribution is 2.15. The SMILES string of the molecule is O=C(Nc1ccc(F)cc1)c1ccc(N2CCN(Cc3ccccc3)CC2)nn1. The Morgan fingerprint density at radius 1 is 0.897 bits per heavy atom. The highest BCUT2D eigenvalue weighted by atomic mass is 19.1. The van der Waals surface area contributed by atoms with E-state index in [0.717, 1.165) is 38.5 Å². The molecule has 2 aromatic carbocycles. The van der Waals surface area contributed by atoms with Crippen LogP contribution in [-0.2, 0) is 6.54 Å². The molecule has 1 aliphatic heterocycles. The van der Waals surface area contributed by atoms with Crippen molar-refractivity contribution in [2.75, 3.05) is 36.4 Å². The van der Waals surface area contributed by atoms with Crippen molar-refractivity contribution in [2.45, 2.75) is 6.54 Å². The Hall–Kier alpha value is -3.32. The van der Waals surface area contributed by atoms with E-state index in [1.807, 2.05) is 12.1 Å². The zero-order chi connectivity index (χ0) is 20.1. The van der Waals surface area contributed by atoms with Gasteiger partial charge in [-0.05, 0) is 42.0 Å². The number of hydrogen-bond acceptors (Lipinski definition) is 5. The first-order chi connectivity index (χ1) is 14.2. The second-order valence-electron chi connectivity index (χ2n) is 6.99. The fourth-order valence-electron chi connectivity index (χ4n) is 3.32. The van der Waals surface area contributed by atoms with Crippen molar-refractivity contribution < 1.29 is 9.18 Å². The largest absolute Gasteiger partial charge is 0.353 e. The average Bonchev–Trinajstić information content (AvgIpc) is 2.77. The van der Waals surface area contributed by atoms with Gasteiger partial charge >= 0.3 is 0 Å². The molecule has 0 atom stereocenters. The van der Waals surface area contributed by atoms with Gasteiger partial charge in [0.1, 0.15) is 5.82 Å². The molecule has 0 saturated carbocycles. The lowest BCUT2D eigenvalue weighted by molar-refractivity contribution is 0.102. The van der Waals surface area contributed by atoms with Gasteiger partial charge in [-0.25, -0.2) is 4.39 Å². The van der Waals surface area contributed by atoms with E-state index in [2.05, 4.69) is 49.6 Å². The first-order valence-corrected chi connectivity index (χ1v) is 9.59. The molecule has 7 heteroatoms. The maximum atomic E-state index is 13.0. The summed E-state index contributed by atoms with van der Waals surface area (Å²) in [7, 11) is 0. The summed E-state index contributed by atoms with van der Waals surface area (Å²) in [4.78, 5) is 16.9. The monoisotopic (exact) mass is 391 g/mol. The zero-order valence-corrected chi connectivity index (χ0v) is 16.0. The minimum atomic E-state index is -0.372. The van der Waals surface area contributed by atoms with Crippen LogP contribution in [0.3, 0.4) is 0 Å². The number of halogens is 1. The molecule has 0 bridgehead atoms. The Balaban J connectivity index is 1.31. The number of piperazine rings is 1. The van der Waals surface area contributed by atoms with Gasteiger partial charge in [0.05, 0.1) is 0 Å². The number of rotatable bonds is 5. The lowest BCUT2D eigenvalue weighted by atomic mass is 10.2. The Kier molecular flexibility index (Phi) is 5.76. The zero-order valence-electron chi connectivity index (χ0n) is 16.0. The normalized spacial score (nSPS) is 14.6. The molecule has 1 aromatic heterocycles. The first kappa shape index (κ1) is 19.0. The summed E-state index contributed by atoms with van der Waals surface area (Å²) in [6, 6.07) is 19.5. The van der Waals surface area contributed by atoms with Crippen LogP contribution < -0.4 is 10.2 Å². The van der Waals surface area contributed by atoms with E-state index in [0.29, 0.717) is 5.69 Å². The minimum Gasteiger partial charge on any atom is -0.353 e. The predicted molar refractivity (Wildman–Crippen MR) is 110 cm³/mol. The Labute approximate surface area is 169 Å². The fraction of sp³-hybridized carbons (Fsp3) is 0.227. The van der Waals surface area contributed by atoms with Crippen molar-refractivity contribution in [3.8, 4) is 0 Å². The van der Waals surface area contributed by atoms with Gasteiger partial charge in [-0.2, -0.15) is 0 Å². The van der Waals surface area contributed by atoms with Crippen LogP contribution in [0.25, 0.3) is 0 Å². The molecule has 29 heavy (non-hydrogen) atoms. The number of nitrogens with zero attached hydrogens (tertiary/aromatic N) is 4. The van der Waals surface area contributed by atoms with Crippen molar-refractivity contribution >= 4 is 17.4 Å². The van der Waals surface area contributed by atoms with Gasteiger partial charge in [0, 0.05) is 38.4 Å². The average molecular weight is 391 g/mol. The highest BCUT2D eigenvalue weighted by Gasteiger charge is 2.19. The van der Waals surface area contributed by atoms with E-state index >= 15 is 0 Å². The molecule has 1 aliphatic rings. The molecular weight excluding hydrogens is 369 g/mol. The van der Waals surface area contributed by atoms with Crippen molar-refractivity contribution in [1.29, 1.82) is 0 Å². The molecule has 0 unspecified atom stereocenters. The molecular formula is C22H22FN5O. The van der Waals surface area contributed by atoms with Gasteiger partial charge in [0.15, 0.2) is 11.5 Å². The quantitative estimate of drug-likeness (QED) is 0.724. The van der Waals surface area contributed by atoms with Crippen LogP contribution in [0.15, 0.2) is 66.7 Å². The maximum Gasteiger partial charge on any atom is 0.276 e. The number of benzene rings is 2. The molecule has 4 rings (SSSR count). The summed E-state index contributed by atoms with van der Waals surface area (Å²) >= 11 is 0. The van der Waals surface area contributed by atoms with Crippen LogP contribution in [0.5, 0.6) is 0 Å². The molecule has 1 amide bonds. The number of amides is 1. The summed E-state index contributed by atoms with van der Waals surface area (Å²) in [6.45, 7) is 4.57. The van der Waals surface area contributed by atoms with Crippen molar-refractivity contribution in [1.82, 2.24) is 15.1 Å². The number of hydrogen-bond donors (Lipinski definition) is 1. The summed E-state index contributed by atoms with van der Waals surface area (Å²) in [5.41, 5.74) is 2.05. The number of nitrogens with one attached hydrogen (secondary N) is 1. The fourth-order valence-corrected chi connectivity index (χ4v) is 3.32. The van der Waals surface area contributed by atoms with Gasteiger partial charge in [-0.3, -0.25) is 9.69 Å². The Morgan fingerprint density at radius 3 is 2.28 bits per heavy atom. The van der Waals surface area contributed by atoms with Crippen LogP contribution in [0, 0.1) is 5.82 Å². The second-order valence-corrected chi connectivity index (χ2v) is 6.99. The van der Waals surface area contributed by atoms with Crippen LogP contribution >= 0.6 is 0 Å². The van der Waals surface area contributed by atoms with E-state index in [9.17, 15) is 9.18 Å². The summed E-state index contributed by atoms with van der Waals surface area (Å²) in [6.07, 6.45) is 0. The third kappa shape index (κ3) is 4.94. The third-order valence-corrected chi connectivity index (χ3v) is 4.93. The number of carbonyl (C=O) groups is 1. The molecule has 2 heterocycles. The second kappa shape index (κ2) is 8.79. The van der Waals surface area contributed by atoms with E-state index in [-0.39, 0.29) is 17.4 Å². The summed E-state index contributed by atoms with van der Waals surface area (Å²) in [5.74, 6) is 0.0436. The van der Waals surface area contributed by atoms with Crippen molar-refractivity contribution in [2.24, 2.45) is 0 Å². The van der Waals surface area contributed by atoms with Crippen LogP contribution in [-0.4, -0.2) is 47.2 Å². The van der Waals surface area contributed by atoms with E-state index in [4.69, 9.17) is 0 Å². The summed E-state index contributed by atoms with van der Waals surface area (Å²) in [5, 5.41) is 11.0. The van der Waals surface area contributed by atoms with Crippen LogP contribution in [0.1, 0.15) is 16.1 Å². The van der Waals surface area contributed by atoms with Gasteiger partial charge in [-0.15, -0.1) is 10.2 Å². The van der Waals surface area contributed by atoms with E-state index in [1.165, 1.54) is 29.8 Å². The van der Waals surface area contributed by atoms with Gasteiger partial charge in [0.2, 0.25) is 0 Å². The molecule has 6 nitrogen and oxygen atoms in total. The Morgan fingerprint density at radius 2 is 1.62 bits per heavy atom. The van der Waals surface area contributed by atoms with Crippen LogP contribution in [0.2, 0.25) is 0 Å². The topological polar surface area (TPSA) is 61.4 Å². The van der Waals surface area contributed by atoms with Gasteiger partial charge in [0.25, 0.3) is 5.91 Å². The van der Waals surface area contributed by atoms with Crippen molar-refractivity contribution in [3.05, 3.63) is 83.8 Å². The molecule has 3 aromatic rings. The van der Waals surface area contributed by atoms with E-state index in [1.54, 1.807) is 6.07 Å². The lowest BCUT2D eigenvalue weighted by Gasteiger charge is -2.35. The number of anilines is 2. The lowest BCUT2D eigenvalue weighted by Crippen LogP contribution is -2.46. The molecule has 0 spiro atoms. The smallest absolute Gasteiger partial charge is 0.276 e. The highest BCUT2D eigenvalue weighted by molar-refractivity contribution is 6.02. The van der Waals surface area contributed by atoms with Crippen LogP contribution in [0.4, 0.5) is 15.9 Å². The summed E-state index contributed by atoms with van der Waals surface area (Å²) < 4.78 is 13.0. The molecule has 0 radical (unpaired) electrons. The van der Waals surface area contributed by atoms with Gasteiger partial charge in [-0.1, -0.05) is 30.3 Å². The Bertz CT molecular complexity index is 939. The predicted octanol–water partition coefficient (Wildman–Crippen LogP) is 3.19. The molecule has 148 valence electrons. The standard InChI is InChI=1S/C22H22FN5O/c23-18-6-8-19(9-7-18)24-22(29)20-10-11-21(26-25-20)28-14-12-27(13-15-28)16-17-4-2-1-3-5-17/h1-11H,12-16H2,(H,24,29).